The van der Waals surface area contributed by atoms with Crippen molar-refractivity contribution in [2.24, 2.45) is 5.73 Å². The van der Waals surface area contributed by atoms with Crippen molar-refractivity contribution >= 4 is 28.4 Å². The number of nitro groups is 1. The highest BCUT2D eigenvalue weighted by Crippen LogP contribution is 2.19. The van der Waals surface area contributed by atoms with E-state index in [1.165, 1.54) is 18.2 Å². The van der Waals surface area contributed by atoms with Gasteiger partial charge in [-0.3, -0.25) is 19.7 Å². The Hall–Kier alpha value is -3.81. The lowest BCUT2D eigenvalue weighted by Gasteiger charge is -2.15. The molecule has 3 N–H and O–H groups in total. The summed E-state index contributed by atoms with van der Waals surface area (Å²) in [5.41, 5.74) is 6.32. The summed E-state index contributed by atoms with van der Waals surface area (Å²) in [7, 11) is 0. The van der Waals surface area contributed by atoms with Crippen molar-refractivity contribution < 1.29 is 14.5 Å². The highest BCUT2D eigenvalue weighted by atomic mass is 16.6. The van der Waals surface area contributed by atoms with Crippen LogP contribution in [0.4, 0.5) is 5.69 Å². The molecule has 0 saturated carbocycles. The van der Waals surface area contributed by atoms with Crippen LogP contribution in [0.15, 0.2) is 60.7 Å². The van der Waals surface area contributed by atoms with Crippen molar-refractivity contribution in [3.8, 4) is 0 Å². The van der Waals surface area contributed by atoms with Gasteiger partial charge in [0.1, 0.15) is 11.7 Å². The fourth-order valence-electron chi connectivity index (χ4n) is 2.73. The fraction of sp³-hybridized carbons (Fsp3) is 0.105. The smallest absolute Gasteiger partial charge is 0.272 e. The topological polar surface area (TPSA) is 128 Å². The molecule has 0 fully saturated rings. The van der Waals surface area contributed by atoms with Crippen molar-refractivity contribution in [2.45, 2.75) is 12.5 Å². The summed E-state index contributed by atoms with van der Waals surface area (Å²) in [5.74, 6) is -1.37. The molecule has 1 atom stereocenters. The summed E-state index contributed by atoms with van der Waals surface area (Å²) in [4.78, 5) is 39.1. The molecule has 0 aliphatic carbocycles. The number of pyridine rings is 1. The van der Waals surface area contributed by atoms with Gasteiger partial charge in [0.25, 0.3) is 11.6 Å². The minimum Gasteiger partial charge on any atom is -0.368 e. The summed E-state index contributed by atoms with van der Waals surface area (Å²) in [6.07, 6.45) is -0.0915. The van der Waals surface area contributed by atoms with Crippen LogP contribution in [0.3, 0.4) is 0 Å². The van der Waals surface area contributed by atoms with E-state index in [4.69, 9.17) is 5.73 Å². The molecule has 0 aliphatic rings. The maximum atomic E-state index is 12.5. The summed E-state index contributed by atoms with van der Waals surface area (Å²) in [5, 5.41) is 14.5. The van der Waals surface area contributed by atoms with Gasteiger partial charge in [-0.1, -0.05) is 42.5 Å². The van der Waals surface area contributed by atoms with Gasteiger partial charge in [-0.2, -0.15) is 0 Å². The molecule has 0 spiro atoms. The molecule has 8 nitrogen and oxygen atoms in total. The Labute approximate surface area is 154 Å². The van der Waals surface area contributed by atoms with Gasteiger partial charge in [0, 0.05) is 23.4 Å². The van der Waals surface area contributed by atoms with E-state index in [2.05, 4.69) is 10.3 Å². The number of aromatic nitrogens is 1. The molecular weight excluding hydrogens is 348 g/mol. The maximum absolute atomic E-state index is 12.5. The number of carbonyl (C=O) groups excluding carboxylic acids is 2. The zero-order chi connectivity index (χ0) is 19.4. The molecule has 0 saturated heterocycles. The second-order valence-corrected chi connectivity index (χ2v) is 5.91. The Morgan fingerprint density at radius 3 is 2.52 bits per heavy atom. The number of para-hydroxylation sites is 2. The van der Waals surface area contributed by atoms with Gasteiger partial charge in [-0.15, -0.1) is 0 Å². The number of nitro benzene ring substituents is 1. The van der Waals surface area contributed by atoms with Gasteiger partial charge in [0.15, 0.2) is 0 Å². The third-order valence-corrected chi connectivity index (χ3v) is 4.09. The van der Waals surface area contributed by atoms with Crippen LogP contribution in [0.25, 0.3) is 10.9 Å². The monoisotopic (exact) mass is 364 g/mol. The van der Waals surface area contributed by atoms with Gasteiger partial charge in [-0.25, -0.2) is 4.98 Å². The predicted octanol–water partition coefficient (Wildman–Crippen LogP) is 1.97. The number of amides is 2. The normalized spacial score (nSPS) is 11.7. The Balaban J connectivity index is 1.82. The molecule has 3 aromatic rings. The van der Waals surface area contributed by atoms with E-state index in [-0.39, 0.29) is 17.8 Å². The zero-order valence-electron chi connectivity index (χ0n) is 14.2. The molecule has 136 valence electrons. The molecule has 1 aromatic heterocycles. The highest BCUT2D eigenvalue weighted by molar-refractivity contribution is 5.97. The third kappa shape index (κ3) is 4.06. The molecule has 0 aliphatic heterocycles. The first kappa shape index (κ1) is 18.0. The van der Waals surface area contributed by atoms with Crippen LogP contribution in [0, 0.1) is 10.1 Å². The molecule has 0 bridgehead atoms. The number of hydrogen-bond acceptors (Lipinski definition) is 5. The minimum absolute atomic E-state index is 0.0915. The van der Waals surface area contributed by atoms with E-state index in [0.29, 0.717) is 11.1 Å². The summed E-state index contributed by atoms with van der Waals surface area (Å²) in [6, 6.07) is 15.5. The number of rotatable bonds is 6. The average molecular weight is 364 g/mol. The van der Waals surface area contributed by atoms with Crippen LogP contribution in [0.1, 0.15) is 16.1 Å². The van der Waals surface area contributed by atoms with Crippen molar-refractivity contribution in [3.63, 3.8) is 0 Å². The lowest BCUT2D eigenvalue weighted by molar-refractivity contribution is -0.385. The van der Waals surface area contributed by atoms with Crippen LogP contribution in [-0.4, -0.2) is 27.8 Å². The summed E-state index contributed by atoms with van der Waals surface area (Å²) >= 11 is 0. The Morgan fingerprint density at radius 2 is 1.78 bits per heavy atom. The molecule has 2 aromatic carbocycles. The summed E-state index contributed by atoms with van der Waals surface area (Å²) in [6.45, 7) is 0. The van der Waals surface area contributed by atoms with Crippen molar-refractivity contribution in [2.75, 3.05) is 0 Å². The van der Waals surface area contributed by atoms with Gasteiger partial charge in [-0.05, 0) is 12.1 Å². The zero-order valence-corrected chi connectivity index (χ0v) is 14.2. The number of nitrogens with two attached hydrogens (primary N) is 1. The van der Waals surface area contributed by atoms with Gasteiger partial charge >= 0.3 is 0 Å². The first-order chi connectivity index (χ1) is 13.0. The molecule has 1 heterocycles. The van der Waals surface area contributed by atoms with E-state index in [1.807, 2.05) is 12.1 Å². The molecule has 0 unspecified atom stereocenters. The predicted molar refractivity (Wildman–Crippen MR) is 99.0 cm³/mol. The van der Waals surface area contributed by atoms with E-state index in [0.717, 1.165) is 5.39 Å². The number of carbonyl (C=O) groups is 2. The van der Waals surface area contributed by atoms with Gasteiger partial charge in [0.2, 0.25) is 5.91 Å². The molecular formula is C19H16N4O4. The van der Waals surface area contributed by atoms with Crippen molar-refractivity contribution in [1.29, 1.82) is 0 Å². The molecule has 2 amide bonds. The number of primary amides is 1. The van der Waals surface area contributed by atoms with Crippen LogP contribution in [0.2, 0.25) is 0 Å². The van der Waals surface area contributed by atoms with Gasteiger partial charge in [0.05, 0.1) is 10.4 Å². The van der Waals surface area contributed by atoms with Crippen molar-refractivity contribution in [1.82, 2.24) is 10.3 Å². The van der Waals surface area contributed by atoms with Crippen LogP contribution < -0.4 is 11.1 Å². The fourth-order valence-corrected chi connectivity index (χ4v) is 2.73. The Kier molecular flexibility index (Phi) is 5.07. The van der Waals surface area contributed by atoms with Crippen LogP contribution in [-0.2, 0) is 11.2 Å². The van der Waals surface area contributed by atoms with E-state index in [1.54, 1.807) is 30.3 Å². The first-order valence-corrected chi connectivity index (χ1v) is 8.14. The van der Waals surface area contributed by atoms with Crippen LogP contribution >= 0.6 is 0 Å². The maximum Gasteiger partial charge on any atom is 0.272 e. The Bertz CT molecular complexity index is 1030. The standard InChI is InChI=1S/C19H16N4O4/c20-18(24)16(11-13-6-2-4-8-17(13)23(26)27)22-19(25)15-10-9-12-5-1-3-7-14(12)21-15/h1-10,16H,11H2,(H2,20,24)(H,22,25)/t16-/m0/s1. The van der Waals surface area contributed by atoms with Crippen LogP contribution in [0.5, 0.6) is 0 Å². The van der Waals surface area contributed by atoms with Crippen molar-refractivity contribution in [3.05, 3.63) is 82.0 Å². The largest absolute Gasteiger partial charge is 0.368 e. The third-order valence-electron chi connectivity index (χ3n) is 4.09. The Morgan fingerprint density at radius 1 is 1.07 bits per heavy atom. The highest BCUT2D eigenvalue weighted by Gasteiger charge is 2.24. The van der Waals surface area contributed by atoms with E-state index in [9.17, 15) is 19.7 Å². The molecule has 8 heteroatoms. The summed E-state index contributed by atoms with van der Waals surface area (Å²) < 4.78 is 0. The number of benzene rings is 2. The van der Waals surface area contributed by atoms with E-state index < -0.39 is 22.8 Å². The minimum atomic E-state index is -1.10. The molecule has 27 heavy (non-hydrogen) atoms. The average Bonchev–Trinajstić information content (AvgIpc) is 2.67. The number of nitrogens with one attached hydrogen (secondary N) is 1. The quantitative estimate of drug-likeness (QED) is 0.510. The number of fused-ring (bicyclic) bond motifs is 1. The second kappa shape index (κ2) is 7.61. The lowest BCUT2D eigenvalue weighted by Crippen LogP contribution is -2.46. The number of nitrogens with zero attached hydrogens (tertiary/aromatic N) is 2. The molecule has 3 rings (SSSR count). The van der Waals surface area contributed by atoms with E-state index >= 15 is 0 Å². The molecule has 0 radical (unpaired) electrons. The first-order valence-electron chi connectivity index (χ1n) is 8.14. The lowest BCUT2D eigenvalue weighted by atomic mass is 10.0. The second-order valence-electron chi connectivity index (χ2n) is 5.91. The SMILES string of the molecule is NC(=O)[C@H](Cc1ccccc1[N+](=O)[O-])NC(=O)c1ccc2ccccc2n1. The van der Waals surface area contributed by atoms with Gasteiger partial charge < -0.3 is 11.1 Å². The number of hydrogen-bond donors (Lipinski definition) is 2.